The van der Waals surface area contributed by atoms with Gasteiger partial charge < -0.3 is 15.1 Å². The van der Waals surface area contributed by atoms with E-state index in [1.807, 2.05) is 24.3 Å². The second-order valence-electron chi connectivity index (χ2n) is 10.4. The van der Waals surface area contributed by atoms with Gasteiger partial charge in [-0.25, -0.2) is 0 Å². The lowest BCUT2D eigenvalue weighted by Gasteiger charge is -2.32. The summed E-state index contributed by atoms with van der Waals surface area (Å²) in [5.74, 6) is 1.08. The van der Waals surface area contributed by atoms with E-state index in [4.69, 9.17) is 0 Å². The van der Waals surface area contributed by atoms with Crippen LogP contribution in [-0.2, 0) is 17.8 Å². The van der Waals surface area contributed by atoms with Crippen LogP contribution in [0.2, 0.25) is 0 Å². The first-order chi connectivity index (χ1) is 16.5. The van der Waals surface area contributed by atoms with Crippen LogP contribution < -0.4 is 5.32 Å². The minimum atomic E-state index is -0.409. The summed E-state index contributed by atoms with van der Waals surface area (Å²) in [6.07, 6.45) is 5.30. The number of rotatable bonds is 10. The topological polar surface area (TPSA) is 52.7 Å². The summed E-state index contributed by atoms with van der Waals surface area (Å²) in [4.78, 5) is 30.3. The van der Waals surface area contributed by atoms with Crippen molar-refractivity contribution in [3.63, 3.8) is 0 Å². The number of fused-ring (bicyclic) bond motifs is 1. The molecule has 1 fully saturated rings. The third kappa shape index (κ3) is 6.26. The fourth-order valence-corrected chi connectivity index (χ4v) is 5.34. The van der Waals surface area contributed by atoms with E-state index in [-0.39, 0.29) is 11.8 Å². The second kappa shape index (κ2) is 11.7. The molecule has 2 aliphatic heterocycles. The van der Waals surface area contributed by atoms with E-state index in [0.717, 1.165) is 43.1 Å². The van der Waals surface area contributed by atoms with E-state index in [0.29, 0.717) is 25.4 Å². The molecular formula is C29H39N3O2. The summed E-state index contributed by atoms with van der Waals surface area (Å²) in [5.41, 5.74) is 3.20. The number of piperidine rings is 1. The Labute approximate surface area is 204 Å². The van der Waals surface area contributed by atoms with Crippen LogP contribution in [0.15, 0.2) is 54.6 Å². The van der Waals surface area contributed by atoms with Crippen molar-refractivity contribution in [3.05, 3.63) is 71.3 Å². The maximum Gasteiger partial charge on any atom is 0.255 e. The SMILES string of the molecule is CC(C)C[C@@H](C(=O)NCCCN1CCC(Cc2ccccc2)CC1)N1Cc2ccccc2C1=O. The van der Waals surface area contributed by atoms with Gasteiger partial charge in [0.25, 0.3) is 5.91 Å². The van der Waals surface area contributed by atoms with Crippen LogP contribution in [0, 0.1) is 11.8 Å². The zero-order valence-corrected chi connectivity index (χ0v) is 20.7. The zero-order valence-electron chi connectivity index (χ0n) is 20.7. The number of hydrogen-bond donors (Lipinski definition) is 1. The lowest BCUT2D eigenvalue weighted by Crippen LogP contribution is -2.48. The summed E-state index contributed by atoms with van der Waals surface area (Å²) in [7, 11) is 0. The van der Waals surface area contributed by atoms with Gasteiger partial charge in [0.15, 0.2) is 0 Å². The maximum atomic E-state index is 13.1. The van der Waals surface area contributed by atoms with Crippen molar-refractivity contribution >= 4 is 11.8 Å². The van der Waals surface area contributed by atoms with Gasteiger partial charge in [-0.2, -0.15) is 0 Å². The Morgan fingerprint density at radius 2 is 1.74 bits per heavy atom. The summed E-state index contributed by atoms with van der Waals surface area (Å²) >= 11 is 0. The highest BCUT2D eigenvalue weighted by atomic mass is 16.2. The highest BCUT2D eigenvalue weighted by Gasteiger charge is 2.36. The standard InChI is InChI=1S/C29H39N3O2/c1-22(2)19-27(32-21-25-11-6-7-12-26(25)29(32)34)28(33)30-15-8-16-31-17-13-24(14-18-31)20-23-9-4-3-5-10-23/h3-7,9-12,22,24,27H,8,13-21H2,1-2H3,(H,30,33)/t27-/m0/s1. The molecule has 2 aliphatic rings. The summed E-state index contributed by atoms with van der Waals surface area (Å²) in [6, 6.07) is 18.1. The Morgan fingerprint density at radius 3 is 2.44 bits per heavy atom. The van der Waals surface area contributed by atoms with E-state index in [1.54, 1.807) is 4.90 Å². The predicted octanol–water partition coefficient (Wildman–Crippen LogP) is 4.52. The Morgan fingerprint density at radius 1 is 1.03 bits per heavy atom. The van der Waals surface area contributed by atoms with Gasteiger partial charge in [-0.15, -0.1) is 0 Å². The van der Waals surface area contributed by atoms with E-state index in [2.05, 4.69) is 54.4 Å². The summed E-state index contributed by atoms with van der Waals surface area (Å²) < 4.78 is 0. The van der Waals surface area contributed by atoms with Crippen molar-refractivity contribution in [3.8, 4) is 0 Å². The number of carbonyl (C=O) groups excluding carboxylic acids is 2. The quantitative estimate of drug-likeness (QED) is 0.530. The van der Waals surface area contributed by atoms with Gasteiger partial charge in [0.1, 0.15) is 6.04 Å². The molecular weight excluding hydrogens is 422 g/mol. The van der Waals surface area contributed by atoms with Crippen molar-refractivity contribution < 1.29 is 9.59 Å². The minimum Gasteiger partial charge on any atom is -0.354 e. The first kappa shape index (κ1) is 24.5. The molecule has 2 amide bonds. The average Bonchev–Trinajstić information content (AvgIpc) is 3.18. The number of benzene rings is 2. The maximum absolute atomic E-state index is 13.1. The Kier molecular flexibility index (Phi) is 8.39. The Balaban J connectivity index is 1.20. The monoisotopic (exact) mass is 461 g/mol. The number of carbonyl (C=O) groups is 2. The molecule has 2 aromatic carbocycles. The molecule has 182 valence electrons. The number of amides is 2. The van der Waals surface area contributed by atoms with Crippen LogP contribution in [0.3, 0.4) is 0 Å². The molecule has 1 saturated heterocycles. The molecule has 4 rings (SSSR count). The minimum absolute atomic E-state index is 0.0172. The first-order valence-electron chi connectivity index (χ1n) is 12.9. The van der Waals surface area contributed by atoms with Crippen LogP contribution in [0.5, 0.6) is 0 Å². The molecule has 0 aromatic heterocycles. The summed E-state index contributed by atoms with van der Waals surface area (Å²) in [5, 5.41) is 3.13. The molecule has 5 heteroatoms. The molecule has 0 saturated carbocycles. The van der Waals surface area contributed by atoms with Crippen LogP contribution >= 0.6 is 0 Å². The van der Waals surface area contributed by atoms with E-state index in [1.165, 1.54) is 24.8 Å². The molecule has 5 nitrogen and oxygen atoms in total. The fourth-order valence-electron chi connectivity index (χ4n) is 5.34. The van der Waals surface area contributed by atoms with Crippen molar-refractivity contribution in [2.75, 3.05) is 26.2 Å². The number of nitrogens with zero attached hydrogens (tertiary/aromatic N) is 2. The van der Waals surface area contributed by atoms with Crippen molar-refractivity contribution in [2.24, 2.45) is 11.8 Å². The highest BCUT2D eigenvalue weighted by Crippen LogP contribution is 2.27. The largest absolute Gasteiger partial charge is 0.354 e. The molecule has 0 radical (unpaired) electrons. The Bertz CT molecular complexity index is 951. The molecule has 1 N–H and O–H groups in total. The smallest absolute Gasteiger partial charge is 0.255 e. The molecule has 2 aromatic rings. The molecule has 1 atom stereocenters. The van der Waals surface area contributed by atoms with Crippen molar-refractivity contribution in [2.45, 2.75) is 58.5 Å². The molecule has 0 aliphatic carbocycles. The fraction of sp³-hybridized carbons (Fsp3) is 0.517. The van der Waals surface area contributed by atoms with E-state index >= 15 is 0 Å². The second-order valence-corrected chi connectivity index (χ2v) is 10.4. The van der Waals surface area contributed by atoms with Crippen LogP contribution in [0.25, 0.3) is 0 Å². The Hall–Kier alpha value is -2.66. The lowest BCUT2D eigenvalue weighted by molar-refractivity contribution is -0.126. The third-order valence-corrected chi connectivity index (χ3v) is 7.25. The third-order valence-electron chi connectivity index (χ3n) is 7.25. The number of nitrogens with one attached hydrogen (secondary N) is 1. The predicted molar refractivity (Wildman–Crippen MR) is 136 cm³/mol. The first-order valence-corrected chi connectivity index (χ1v) is 12.9. The van der Waals surface area contributed by atoms with Crippen LogP contribution in [0.1, 0.15) is 61.0 Å². The van der Waals surface area contributed by atoms with Gasteiger partial charge in [0.05, 0.1) is 0 Å². The molecule has 34 heavy (non-hydrogen) atoms. The van der Waals surface area contributed by atoms with Gasteiger partial charge in [-0.3, -0.25) is 9.59 Å². The molecule has 2 heterocycles. The number of hydrogen-bond acceptors (Lipinski definition) is 3. The van der Waals surface area contributed by atoms with Gasteiger partial charge >= 0.3 is 0 Å². The number of likely N-dealkylation sites (tertiary alicyclic amines) is 1. The van der Waals surface area contributed by atoms with Gasteiger partial charge in [0.2, 0.25) is 5.91 Å². The van der Waals surface area contributed by atoms with Gasteiger partial charge in [-0.1, -0.05) is 62.4 Å². The average molecular weight is 462 g/mol. The molecule has 0 unspecified atom stereocenters. The van der Waals surface area contributed by atoms with Gasteiger partial charge in [0, 0.05) is 18.7 Å². The highest BCUT2D eigenvalue weighted by molar-refractivity contribution is 6.01. The van der Waals surface area contributed by atoms with E-state index < -0.39 is 6.04 Å². The summed E-state index contributed by atoms with van der Waals surface area (Å²) in [6.45, 7) is 8.69. The normalized spacial score (nSPS) is 17.7. The van der Waals surface area contributed by atoms with Gasteiger partial charge in [-0.05, 0) is 80.8 Å². The lowest BCUT2D eigenvalue weighted by atomic mass is 9.90. The van der Waals surface area contributed by atoms with Crippen LogP contribution in [-0.4, -0.2) is 53.8 Å². The zero-order chi connectivity index (χ0) is 23.9. The van der Waals surface area contributed by atoms with Crippen LogP contribution in [0.4, 0.5) is 0 Å². The molecule has 0 bridgehead atoms. The van der Waals surface area contributed by atoms with E-state index in [9.17, 15) is 9.59 Å². The van der Waals surface area contributed by atoms with Crippen molar-refractivity contribution in [1.29, 1.82) is 0 Å². The van der Waals surface area contributed by atoms with Crippen molar-refractivity contribution in [1.82, 2.24) is 15.1 Å². The molecule has 0 spiro atoms.